The van der Waals surface area contributed by atoms with E-state index in [1.54, 1.807) is 42.1 Å². The number of thioether (sulfide) groups is 1. The number of nitrogens with two attached hydrogens (primary N) is 1. The number of anilines is 2. The topological polar surface area (TPSA) is 72.2 Å². The van der Waals surface area contributed by atoms with E-state index in [-0.39, 0.29) is 10.6 Å². The monoisotopic (exact) mass is 372 g/mol. The zero-order valence-corrected chi connectivity index (χ0v) is 13.8. The van der Waals surface area contributed by atoms with Crippen LogP contribution in [-0.2, 0) is 10.0 Å². The molecule has 0 spiro atoms. The number of hydrogen-bond acceptors (Lipinski definition) is 4. The molecular weight excluding hydrogens is 360 g/mol. The predicted octanol–water partition coefficient (Wildman–Crippen LogP) is 3.55. The summed E-state index contributed by atoms with van der Waals surface area (Å²) in [6.45, 7) is 0. The third-order valence-corrected chi connectivity index (χ3v) is 5.26. The Kier molecular flexibility index (Phi) is 4.62. The van der Waals surface area contributed by atoms with Crippen LogP contribution >= 0.6 is 27.7 Å². The number of nitrogen functional groups attached to an aromatic ring is 1. The van der Waals surface area contributed by atoms with E-state index in [0.717, 1.165) is 9.37 Å². The summed E-state index contributed by atoms with van der Waals surface area (Å²) in [5.41, 5.74) is 6.48. The molecule has 0 amide bonds. The Balaban J connectivity index is 2.35. The second-order valence-electron chi connectivity index (χ2n) is 4.02. The van der Waals surface area contributed by atoms with Crippen molar-refractivity contribution < 1.29 is 8.42 Å². The first kappa shape index (κ1) is 15.2. The highest BCUT2D eigenvalue weighted by molar-refractivity contribution is 9.10. The van der Waals surface area contributed by atoms with Crippen LogP contribution in [0.4, 0.5) is 11.4 Å². The quantitative estimate of drug-likeness (QED) is 0.635. The van der Waals surface area contributed by atoms with Crippen molar-refractivity contribution in [3.05, 3.63) is 46.9 Å². The number of nitrogens with one attached hydrogen (secondary N) is 1. The first-order valence-electron chi connectivity index (χ1n) is 5.64. The van der Waals surface area contributed by atoms with Crippen LogP contribution in [0, 0.1) is 0 Å². The van der Waals surface area contributed by atoms with Crippen LogP contribution in [-0.4, -0.2) is 14.7 Å². The maximum absolute atomic E-state index is 12.3. The van der Waals surface area contributed by atoms with E-state index in [4.69, 9.17) is 5.73 Å². The van der Waals surface area contributed by atoms with Gasteiger partial charge in [-0.15, -0.1) is 11.8 Å². The molecule has 0 aliphatic rings. The van der Waals surface area contributed by atoms with Gasteiger partial charge in [0.15, 0.2) is 0 Å². The Bertz CT molecular complexity index is 733. The summed E-state index contributed by atoms with van der Waals surface area (Å²) >= 11 is 4.79. The molecule has 0 saturated carbocycles. The Morgan fingerprint density at radius 2 is 1.95 bits per heavy atom. The number of halogens is 1. The van der Waals surface area contributed by atoms with Gasteiger partial charge >= 0.3 is 0 Å². The van der Waals surface area contributed by atoms with Crippen molar-refractivity contribution in [3.63, 3.8) is 0 Å². The van der Waals surface area contributed by atoms with Crippen LogP contribution in [0.15, 0.2) is 56.7 Å². The largest absolute Gasteiger partial charge is 0.398 e. The molecule has 0 aromatic heterocycles. The summed E-state index contributed by atoms with van der Waals surface area (Å²) in [5, 5.41) is 0. The number of benzene rings is 2. The van der Waals surface area contributed by atoms with E-state index in [2.05, 4.69) is 20.7 Å². The minimum absolute atomic E-state index is 0.0651. The van der Waals surface area contributed by atoms with Gasteiger partial charge in [-0.1, -0.05) is 22.0 Å². The van der Waals surface area contributed by atoms with Crippen molar-refractivity contribution in [3.8, 4) is 0 Å². The van der Waals surface area contributed by atoms with Gasteiger partial charge in [-0.25, -0.2) is 8.42 Å². The third kappa shape index (κ3) is 3.47. The number of sulfonamides is 1. The lowest BCUT2D eigenvalue weighted by atomic mass is 10.3. The molecule has 2 rings (SSSR count). The molecule has 0 bridgehead atoms. The van der Waals surface area contributed by atoms with Crippen molar-refractivity contribution in [2.75, 3.05) is 16.7 Å². The highest BCUT2D eigenvalue weighted by Gasteiger charge is 2.17. The first-order valence-corrected chi connectivity index (χ1v) is 9.14. The second-order valence-corrected chi connectivity index (χ2v) is 7.47. The zero-order chi connectivity index (χ0) is 14.8. The van der Waals surface area contributed by atoms with Gasteiger partial charge in [0.05, 0.1) is 5.69 Å². The van der Waals surface area contributed by atoms with Crippen LogP contribution < -0.4 is 10.5 Å². The lowest BCUT2D eigenvalue weighted by Crippen LogP contribution is -2.14. The maximum Gasteiger partial charge on any atom is 0.263 e. The minimum atomic E-state index is -3.69. The SMILES string of the molecule is CSc1cccc(NS(=O)(=O)c2ccc(Br)cc2N)c1. The van der Waals surface area contributed by atoms with Crippen LogP contribution in [0.5, 0.6) is 0 Å². The van der Waals surface area contributed by atoms with Gasteiger partial charge in [-0.05, 0) is 42.7 Å². The van der Waals surface area contributed by atoms with Gasteiger partial charge in [0, 0.05) is 15.1 Å². The summed E-state index contributed by atoms with van der Waals surface area (Å²) in [4.78, 5) is 1.05. The van der Waals surface area contributed by atoms with E-state index in [0.29, 0.717) is 5.69 Å². The number of hydrogen-bond donors (Lipinski definition) is 2. The standard InChI is InChI=1S/C13H13BrN2O2S2/c1-19-11-4-2-3-10(8-11)16-20(17,18)13-6-5-9(14)7-12(13)15/h2-8,16H,15H2,1H3. The van der Waals surface area contributed by atoms with Gasteiger partial charge in [0.1, 0.15) is 4.90 Å². The van der Waals surface area contributed by atoms with Crippen LogP contribution in [0.2, 0.25) is 0 Å². The first-order chi connectivity index (χ1) is 9.42. The fourth-order valence-electron chi connectivity index (χ4n) is 1.66. The van der Waals surface area contributed by atoms with Gasteiger partial charge in [-0.2, -0.15) is 0 Å². The van der Waals surface area contributed by atoms with E-state index in [1.165, 1.54) is 6.07 Å². The Labute approximate surface area is 130 Å². The molecule has 0 aliphatic heterocycles. The molecule has 20 heavy (non-hydrogen) atoms. The van der Waals surface area contributed by atoms with Gasteiger partial charge in [0.25, 0.3) is 10.0 Å². The summed E-state index contributed by atoms with van der Waals surface area (Å²) in [6.07, 6.45) is 1.93. The van der Waals surface area contributed by atoms with Crippen molar-refractivity contribution in [2.24, 2.45) is 0 Å². The van der Waals surface area contributed by atoms with Gasteiger partial charge in [-0.3, -0.25) is 4.72 Å². The normalized spacial score (nSPS) is 11.3. The number of rotatable bonds is 4. The summed E-state index contributed by atoms with van der Waals surface area (Å²) in [6, 6.07) is 11.9. The average Bonchev–Trinajstić information content (AvgIpc) is 2.37. The highest BCUT2D eigenvalue weighted by Crippen LogP contribution is 2.26. The van der Waals surface area contributed by atoms with E-state index < -0.39 is 10.0 Å². The molecule has 0 saturated heterocycles. The summed E-state index contributed by atoms with van der Waals surface area (Å²) in [5.74, 6) is 0. The molecule has 4 nitrogen and oxygen atoms in total. The molecule has 2 aromatic rings. The van der Waals surface area contributed by atoms with Gasteiger partial charge < -0.3 is 5.73 Å². The highest BCUT2D eigenvalue weighted by atomic mass is 79.9. The van der Waals surface area contributed by atoms with Crippen LogP contribution in [0.3, 0.4) is 0 Å². The van der Waals surface area contributed by atoms with E-state index in [1.807, 2.05) is 12.3 Å². The molecule has 0 radical (unpaired) electrons. The Morgan fingerprint density at radius 1 is 1.20 bits per heavy atom. The maximum atomic E-state index is 12.3. The third-order valence-electron chi connectivity index (χ3n) is 2.58. The Morgan fingerprint density at radius 3 is 2.60 bits per heavy atom. The molecule has 7 heteroatoms. The summed E-state index contributed by atoms with van der Waals surface area (Å²) in [7, 11) is -3.69. The molecule has 0 atom stereocenters. The molecule has 0 aliphatic carbocycles. The average molecular weight is 373 g/mol. The smallest absolute Gasteiger partial charge is 0.263 e. The molecule has 2 aromatic carbocycles. The second kappa shape index (κ2) is 6.07. The summed E-state index contributed by atoms with van der Waals surface area (Å²) < 4.78 is 27.9. The lowest BCUT2D eigenvalue weighted by Gasteiger charge is -2.11. The zero-order valence-electron chi connectivity index (χ0n) is 10.6. The van der Waals surface area contributed by atoms with Crippen molar-refractivity contribution in [2.45, 2.75) is 9.79 Å². The minimum Gasteiger partial charge on any atom is -0.398 e. The fraction of sp³-hybridized carbons (Fsp3) is 0.0769. The lowest BCUT2D eigenvalue weighted by molar-refractivity contribution is 0.601. The van der Waals surface area contributed by atoms with E-state index in [9.17, 15) is 8.42 Å². The molecule has 3 N–H and O–H groups in total. The molecule has 0 unspecified atom stereocenters. The Hall–Kier alpha value is -1.18. The molecular formula is C13H13BrN2O2S2. The molecule has 0 fully saturated rings. The van der Waals surface area contributed by atoms with Crippen molar-refractivity contribution in [1.29, 1.82) is 0 Å². The van der Waals surface area contributed by atoms with Crippen LogP contribution in [0.25, 0.3) is 0 Å². The van der Waals surface area contributed by atoms with E-state index >= 15 is 0 Å². The van der Waals surface area contributed by atoms with Gasteiger partial charge in [0.2, 0.25) is 0 Å². The van der Waals surface area contributed by atoms with Crippen LogP contribution in [0.1, 0.15) is 0 Å². The van der Waals surface area contributed by atoms with Crippen molar-refractivity contribution in [1.82, 2.24) is 0 Å². The molecule has 106 valence electrons. The van der Waals surface area contributed by atoms with Crippen molar-refractivity contribution >= 4 is 49.1 Å². The fourth-order valence-corrected chi connectivity index (χ4v) is 3.66. The predicted molar refractivity (Wildman–Crippen MR) is 87.6 cm³/mol. The molecule has 0 heterocycles.